The Balaban J connectivity index is 2.96. The molecule has 0 spiro atoms. The van der Waals surface area contributed by atoms with Gasteiger partial charge in [0.1, 0.15) is 5.75 Å². The second-order valence-electron chi connectivity index (χ2n) is 4.26. The third-order valence-corrected chi connectivity index (χ3v) is 2.94. The van der Waals surface area contributed by atoms with Gasteiger partial charge in [-0.25, -0.2) is 0 Å². The van der Waals surface area contributed by atoms with Crippen LogP contribution in [0, 0.1) is 12.8 Å². The maximum absolute atomic E-state index is 5.24. The fourth-order valence-corrected chi connectivity index (χ4v) is 1.57. The van der Waals surface area contributed by atoms with E-state index < -0.39 is 0 Å². The highest BCUT2D eigenvalue weighted by Gasteiger charge is 2.10. The molecule has 1 unspecified atom stereocenters. The molecule has 1 aromatic carbocycles. The van der Waals surface area contributed by atoms with E-state index in [0.717, 1.165) is 5.75 Å². The Labute approximate surface area is 87.1 Å². The number of rotatable bonds is 3. The molecule has 14 heavy (non-hydrogen) atoms. The first-order valence-corrected chi connectivity index (χ1v) is 5.20. The predicted molar refractivity (Wildman–Crippen MR) is 61.0 cm³/mol. The van der Waals surface area contributed by atoms with E-state index in [4.69, 9.17) is 4.74 Å². The smallest absolute Gasteiger partial charge is 0.121 e. The average Bonchev–Trinajstić information content (AvgIpc) is 2.16. The molecule has 0 radical (unpaired) electrons. The fraction of sp³-hybridized carbons (Fsp3) is 0.538. The lowest BCUT2D eigenvalue weighted by Crippen LogP contribution is -2.02. The summed E-state index contributed by atoms with van der Waals surface area (Å²) >= 11 is 0. The first-order chi connectivity index (χ1) is 6.56. The zero-order valence-corrected chi connectivity index (χ0v) is 9.79. The lowest BCUT2D eigenvalue weighted by atomic mass is 9.89. The van der Waals surface area contributed by atoms with Gasteiger partial charge in [-0.1, -0.05) is 32.9 Å². The maximum atomic E-state index is 5.24. The van der Waals surface area contributed by atoms with Gasteiger partial charge in [0, 0.05) is 0 Å². The molecule has 1 aromatic rings. The Kier molecular flexibility index (Phi) is 3.56. The van der Waals surface area contributed by atoms with Gasteiger partial charge >= 0.3 is 0 Å². The van der Waals surface area contributed by atoms with Crippen molar-refractivity contribution in [2.75, 3.05) is 7.11 Å². The van der Waals surface area contributed by atoms with E-state index in [0.29, 0.717) is 11.8 Å². The van der Waals surface area contributed by atoms with Gasteiger partial charge in [-0.2, -0.15) is 0 Å². The minimum atomic E-state index is 0.611. The summed E-state index contributed by atoms with van der Waals surface area (Å²) in [5.41, 5.74) is 2.62. The molecule has 0 aliphatic heterocycles. The quantitative estimate of drug-likeness (QED) is 0.708. The lowest BCUT2D eigenvalue weighted by Gasteiger charge is -2.17. The normalized spacial score (nSPS) is 13.0. The summed E-state index contributed by atoms with van der Waals surface area (Å²) in [6.45, 7) is 8.87. The maximum Gasteiger partial charge on any atom is 0.121 e. The van der Waals surface area contributed by atoms with Crippen molar-refractivity contribution in [2.24, 2.45) is 5.92 Å². The molecular formula is C13H20O. The zero-order valence-electron chi connectivity index (χ0n) is 9.79. The van der Waals surface area contributed by atoms with Crippen molar-refractivity contribution in [1.82, 2.24) is 0 Å². The summed E-state index contributed by atoms with van der Waals surface area (Å²) in [7, 11) is 1.72. The van der Waals surface area contributed by atoms with Crippen LogP contribution < -0.4 is 4.74 Å². The van der Waals surface area contributed by atoms with Gasteiger partial charge in [0.15, 0.2) is 0 Å². The zero-order chi connectivity index (χ0) is 10.7. The van der Waals surface area contributed by atoms with Gasteiger partial charge in [0.2, 0.25) is 0 Å². The molecule has 0 aromatic heterocycles. The van der Waals surface area contributed by atoms with E-state index in [1.54, 1.807) is 7.11 Å². The van der Waals surface area contributed by atoms with Crippen LogP contribution in [0.1, 0.15) is 37.8 Å². The Hall–Kier alpha value is -0.980. The van der Waals surface area contributed by atoms with Crippen LogP contribution in [0.15, 0.2) is 18.2 Å². The summed E-state index contributed by atoms with van der Waals surface area (Å²) in [6, 6.07) is 6.45. The van der Waals surface area contributed by atoms with Crippen molar-refractivity contribution in [1.29, 1.82) is 0 Å². The van der Waals surface area contributed by atoms with Gasteiger partial charge in [-0.3, -0.25) is 0 Å². The van der Waals surface area contributed by atoms with E-state index >= 15 is 0 Å². The van der Waals surface area contributed by atoms with Crippen LogP contribution >= 0.6 is 0 Å². The molecule has 1 atom stereocenters. The van der Waals surface area contributed by atoms with Crippen molar-refractivity contribution in [2.45, 2.75) is 33.6 Å². The first kappa shape index (κ1) is 11.1. The van der Waals surface area contributed by atoms with Crippen LogP contribution in [-0.2, 0) is 0 Å². The second-order valence-corrected chi connectivity index (χ2v) is 4.26. The first-order valence-electron chi connectivity index (χ1n) is 5.20. The van der Waals surface area contributed by atoms with Gasteiger partial charge in [-0.05, 0) is 36.0 Å². The van der Waals surface area contributed by atoms with Crippen LogP contribution in [0.2, 0.25) is 0 Å². The summed E-state index contributed by atoms with van der Waals surface area (Å²) in [5.74, 6) is 2.27. The van der Waals surface area contributed by atoms with Crippen molar-refractivity contribution in [3.05, 3.63) is 29.3 Å². The predicted octanol–water partition coefficient (Wildman–Crippen LogP) is 3.76. The summed E-state index contributed by atoms with van der Waals surface area (Å²) in [6.07, 6.45) is 0. The molecule has 1 heteroatoms. The summed E-state index contributed by atoms with van der Waals surface area (Å²) in [4.78, 5) is 0. The van der Waals surface area contributed by atoms with Gasteiger partial charge < -0.3 is 4.74 Å². The topological polar surface area (TPSA) is 9.23 Å². The van der Waals surface area contributed by atoms with Gasteiger partial charge in [0.25, 0.3) is 0 Å². The molecule has 0 heterocycles. The number of benzene rings is 1. The van der Waals surface area contributed by atoms with Crippen LogP contribution in [0.5, 0.6) is 5.75 Å². The molecule has 1 nitrogen and oxygen atoms in total. The SMILES string of the molecule is COc1ccc(C(C)C(C)C)cc1C. The highest BCUT2D eigenvalue weighted by molar-refractivity contribution is 5.37. The summed E-state index contributed by atoms with van der Waals surface area (Å²) in [5, 5.41) is 0. The van der Waals surface area contributed by atoms with E-state index in [1.807, 2.05) is 0 Å². The van der Waals surface area contributed by atoms with Crippen LogP contribution in [0.4, 0.5) is 0 Å². The highest BCUT2D eigenvalue weighted by Crippen LogP contribution is 2.27. The molecule has 0 aliphatic rings. The number of hydrogen-bond donors (Lipinski definition) is 0. The van der Waals surface area contributed by atoms with Crippen molar-refractivity contribution >= 4 is 0 Å². The Morgan fingerprint density at radius 3 is 2.21 bits per heavy atom. The van der Waals surface area contributed by atoms with Gasteiger partial charge in [0.05, 0.1) is 7.11 Å². The lowest BCUT2D eigenvalue weighted by molar-refractivity contribution is 0.411. The minimum absolute atomic E-state index is 0.611. The molecule has 0 bridgehead atoms. The second kappa shape index (κ2) is 4.50. The number of methoxy groups -OCH3 is 1. The van der Waals surface area contributed by atoms with Crippen LogP contribution in [0.25, 0.3) is 0 Å². The standard InChI is InChI=1S/C13H20O/c1-9(2)11(4)12-6-7-13(14-5)10(3)8-12/h6-9,11H,1-5H3. The molecule has 0 saturated heterocycles. The van der Waals surface area contributed by atoms with Gasteiger partial charge in [-0.15, -0.1) is 0 Å². The van der Waals surface area contributed by atoms with Crippen LogP contribution in [-0.4, -0.2) is 7.11 Å². The number of ether oxygens (including phenoxy) is 1. The molecule has 78 valence electrons. The largest absolute Gasteiger partial charge is 0.496 e. The van der Waals surface area contributed by atoms with E-state index in [-0.39, 0.29) is 0 Å². The Morgan fingerprint density at radius 2 is 1.79 bits per heavy atom. The molecule has 0 N–H and O–H groups in total. The number of hydrogen-bond acceptors (Lipinski definition) is 1. The third-order valence-electron chi connectivity index (χ3n) is 2.94. The summed E-state index contributed by atoms with van der Waals surface area (Å²) < 4.78 is 5.24. The highest BCUT2D eigenvalue weighted by atomic mass is 16.5. The monoisotopic (exact) mass is 192 g/mol. The van der Waals surface area contributed by atoms with E-state index in [1.165, 1.54) is 11.1 Å². The Morgan fingerprint density at radius 1 is 1.14 bits per heavy atom. The molecule has 0 aliphatic carbocycles. The molecule has 0 amide bonds. The van der Waals surface area contributed by atoms with E-state index in [9.17, 15) is 0 Å². The van der Waals surface area contributed by atoms with Crippen LogP contribution in [0.3, 0.4) is 0 Å². The molecular weight excluding hydrogens is 172 g/mol. The number of aryl methyl sites for hydroxylation is 1. The fourth-order valence-electron chi connectivity index (χ4n) is 1.57. The third kappa shape index (κ3) is 2.28. The minimum Gasteiger partial charge on any atom is -0.496 e. The molecule has 0 fully saturated rings. The van der Waals surface area contributed by atoms with E-state index in [2.05, 4.69) is 45.9 Å². The van der Waals surface area contributed by atoms with Crippen molar-refractivity contribution in [3.63, 3.8) is 0 Å². The Bertz CT molecular complexity index is 302. The molecule has 1 rings (SSSR count). The van der Waals surface area contributed by atoms with Crippen molar-refractivity contribution < 1.29 is 4.74 Å². The van der Waals surface area contributed by atoms with Crippen molar-refractivity contribution in [3.8, 4) is 5.75 Å². The average molecular weight is 192 g/mol. The molecule has 0 saturated carbocycles.